The molecule has 5 nitrogen and oxygen atoms in total. The van der Waals surface area contributed by atoms with Crippen LogP contribution in [0.15, 0.2) is 48.5 Å². The van der Waals surface area contributed by atoms with Gasteiger partial charge in [0.15, 0.2) is 0 Å². The zero-order valence-corrected chi connectivity index (χ0v) is 15.6. The number of benzene rings is 2. The zero-order valence-electron chi connectivity index (χ0n) is 14.8. The van der Waals surface area contributed by atoms with E-state index < -0.39 is 10.0 Å². The molecule has 0 radical (unpaired) electrons. The number of nitrogens with zero attached hydrogens (tertiary/aromatic N) is 1. The highest BCUT2D eigenvalue weighted by atomic mass is 32.2. The van der Waals surface area contributed by atoms with E-state index in [1.165, 1.54) is 4.31 Å². The van der Waals surface area contributed by atoms with Gasteiger partial charge in [-0.2, -0.15) is 4.31 Å². The highest BCUT2D eigenvalue weighted by molar-refractivity contribution is 7.88. The largest absolute Gasteiger partial charge is 0.325 e. The summed E-state index contributed by atoms with van der Waals surface area (Å²) >= 11 is 0. The first kappa shape index (κ1) is 19.1. The van der Waals surface area contributed by atoms with Crippen molar-refractivity contribution in [3.63, 3.8) is 0 Å². The van der Waals surface area contributed by atoms with Crippen LogP contribution < -0.4 is 5.32 Å². The van der Waals surface area contributed by atoms with Gasteiger partial charge in [-0.05, 0) is 43.0 Å². The van der Waals surface area contributed by atoms with Gasteiger partial charge in [-0.15, -0.1) is 0 Å². The van der Waals surface area contributed by atoms with E-state index in [0.717, 1.165) is 22.9 Å². The van der Waals surface area contributed by atoms with E-state index in [1.807, 2.05) is 62.4 Å². The number of rotatable bonds is 7. The molecule has 0 aliphatic rings. The molecule has 2 aromatic carbocycles. The lowest BCUT2D eigenvalue weighted by atomic mass is 10.1. The van der Waals surface area contributed by atoms with Crippen molar-refractivity contribution in [2.75, 3.05) is 24.7 Å². The average molecular weight is 360 g/mol. The van der Waals surface area contributed by atoms with E-state index in [2.05, 4.69) is 5.32 Å². The minimum absolute atomic E-state index is 0.195. The quantitative estimate of drug-likeness (QED) is 0.826. The van der Waals surface area contributed by atoms with Crippen molar-refractivity contribution in [1.29, 1.82) is 0 Å². The lowest BCUT2D eigenvalue weighted by Gasteiger charge is -2.20. The summed E-state index contributed by atoms with van der Waals surface area (Å²) in [5.41, 5.74) is 3.71. The van der Waals surface area contributed by atoms with Crippen molar-refractivity contribution in [1.82, 2.24) is 4.31 Å². The number of carbonyl (C=O) groups is 1. The molecule has 0 saturated carbocycles. The lowest BCUT2D eigenvalue weighted by Crippen LogP contribution is -2.38. The molecule has 1 N–H and O–H groups in total. The van der Waals surface area contributed by atoms with Crippen LogP contribution in [-0.2, 0) is 21.2 Å². The van der Waals surface area contributed by atoms with Crippen molar-refractivity contribution in [2.24, 2.45) is 0 Å². The third-order valence-electron chi connectivity index (χ3n) is 3.95. The van der Waals surface area contributed by atoms with Crippen LogP contribution in [0.1, 0.15) is 16.7 Å². The van der Waals surface area contributed by atoms with Crippen LogP contribution in [0.25, 0.3) is 0 Å². The lowest BCUT2D eigenvalue weighted by molar-refractivity contribution is -0.116. The van der Waals surface area contributed by atoms with Crippen LogP contribution in [0.4, 0.5) is 5.69 Å². The summed E-state index contributed by atoms with van der Waals surface area (Å²) in [5.74, 6) is -0.341. The maximum atomic E-state index is 12.3. The highest BCUT2D eigenvalue weighted by Crippen LogP contribution is 2.16. The molecule has 0 fully saturated rings. The standard InChI is InChI=1S/C19H24N2O3S/c1-15-9-10-16(2)18(13-15)20-19(22)14-21(25(3,23)24)12-11-17-7-5-4-6-8-17/h4-10,13H,11-12,14H2,1-3H3,(H,20,22). The average Bonchev–Trinajstić information content (AvgIpc) is 2.55. The van der Waals surface area contributed by atoms with Gasteiger partial charge in [0, 0.05) is 12.2 Å². The molecule has 25 heavy (non-hydrogen) atoms. The van der Waals surface area contributed by atoms with E-state index in [0.29, 0.717) is 12.1 Å². The molecular formula is C19H24N2O3S. The first-order valence-electron chi connectivity index (χ1n) is 8.12. The molecule has 0 aliphatic heterocycles. The fourth-order valence-corrected chi connectivity index (χ4v) is 3.26. The van der Waals surface area contributed by atoms with Crippen LogP contribution in [0.3, 0.4) is 0 Å². The van der Waals surface area contributed by atoms with E-state index in [9.17, 15) is 13.2 Å². The Morgan fingerprint density at radius 2 is 1.76 bits per heavy atom. The van der Waals surface area contributed by atoms with Gasteiger partial charge in [0.25, 0.3) is 0 Å². The molecule has 0 bridgehead atoms. The Morgan fingerprint density at radius 3 is 2.40 bits per heavy atom. The van der Waals surface area contributed by atoms with E-state index >= 15 is 0 Å². The highest BCUT2D eigenvalue weighted by Gasteiger charge is 2.20. The molecule has 1 amide bonds. The van der Waals surface area contributed by atoms with Crippen molar-refractivity contribution < 1.29 is 13.2 Å². The third kappa shape index (κ3) is 5.99. The molecule has 6 heteroatoms. The predicted molar refractivity (Wildman–Crippen MR) is 101 cm³/mol. The number of nitrogens with one attached hydrogen (secondary N) is 1. The molecule has 0 atom stereocenters. The van der Waals surface area contributed by atoms with Crippen molar-refractivity contribution >= 4 is 21.6 Å². The number of sulfonamides is 1. The number of amides is 1. The van der Waals surface area contributed by atoms with E-state index in [1.54, 1.807) is 0 Å². The molecule has 0 aromatic heterocycles. The number of hydrogen-bond donors (Lipinski definition) is 1. The summed E-state index contributed by atoms with van der Waals surface area (Å²) in [7, 11) is -3.47. The van der Waals surface area contributed by atoms with Gasteiger partial charge in [-0.25, -0.2) is 8.42 Å². The topological polar surface area (TPSA) is 66.5 Å². The Bertz CT molecular complexity index is 833. The van der Waals surface area contributed by atoms with Crippen LogP contribution in [0.5, 0.6) is 0 Å². The van der Waals surface area contributed by atoms with Crippen LogP contribution >= 0.6 is 0 Å². The summed E-state index contributed by atoms with van der Waals surface area (Å²) in [6.07, 6.45) is 1.69. The first-order chi connectivity index (χ1) is 11.8. The van der Waals surface area contributed by atoms with Crippen molar-refractivity contribution in [3.05, 3.63) is 65.2 Å². The summed E-state index contributed by atoms with van der Waals surface area (Å²) in [6, 6.07) is 15.4. The minimum Gasteiger partial charge on any atom is -0.325 e. The van der Waals surface area contributed by atoms with Crippen LogP contribution in [-0.4, -0.2) is 38.0 Å². The Hall–Kier alpha value is -2.18. The Labute approximate surface area is 149 Å². The molecule has 0 spiro atoms. The van der Waals surface area contributed by atoms with Gasteiger partial charge in [-0.1, -0.05) is 42.5 Å². The Morgan fingerprint density at radius 1 is 1.08 bits per heavy atom. The monoisotopic (exact) mass is 360 g/mol. The van der Waals surface area contributed by atoms with E-state index in [-0.39, 0.29) is 19.0 Å². The van der Waals surface area contributed by atoms with Gasteiger partial charge in [-0.3, -0.25) is 4.79 Å². The summed E-state index contributed by atoms with van der Waals surface area (Å²) in [6.45, 7) is 3.92. The van der Waals surface area contributed by atoms with Crippen LogP contribution in [0.2, 0.25) is 0 Å². The normalized spacial score (nSPS) is 11.5. The molecule has 0 aliphatic carbocycles. The summed E-state index contributed by atoms with van der Waals surface area (Å²) in [5, 5.41) is 2.81. The third-order valence-corrected chi connectivity index (χ3v) is 5.20. The van der Waals surface area contributed by atoms with Crippen molar-refractivity contribution in [3.8, 4) is 0 Å². The maximum Gasteiger partial charge on any atom is 0.239 e. The van der Waals surface area contributed by atoms with Crippen molar-refractivity contribution in [2.45, 2.75) is 20.3 Å². The Balaban J connectivity index is 2.04. The maximum absolute atomic E-state index is 12.3. The molecule has 0 saturated heterocycles. The first-order valence-corrected chi connectivity index (χ1v) is 9.96. The molecule has 134 valence electrons. The SMILES string of the molecule is Cc1ccc(C)c(NC(=O)CN(CCc2ccccc2)S(C)(=O)=O)c1. The van der Waals surface area contributed by atoms with Crippen LogP contribution in [0, 0.1) is 13.8 Å². The second kappa shape index (κ2) is 8.27. The number of aryl methyl sites for hydroxylation is 2. The summed E-state index contributed by atoms with van der Waals surface area (Å²) < 4.78 is 25.2. The minimum atomic E-state index is -3.47. The summed E-state index contributed by atoms with van der Waals surface area (Å²) in [4.78, 5) is 12.3. The molecule has 0 unspecified atom stereocenters. The van der Waals surface area contributed by atoms with Gasteiger partial charge in [0.1, 0.15) is 0 Å². The van der Waals surface area contributed by atoms with Gasteiger partial charge < -0.3 is 5.32 Å². The molecule has 2 rings (SSSR count). The number of hydrogen-bond acceptors (Lipinski definition) is 3. The van der Waals surface area contributed by atoms with Gasteiger partial charge in [0.2, 0.25) is 15.9 Å². The molecule has 2 aromatic rings. The van der Waals surface area contributed by atoms with Gasteiger partial charge in [0.05, 0.1) is 12.8 Å². The smallest absolute Gasteiger partial charge is 0.239 e. The second-order valence-electron chi connectivity index (χ2n) is 6.20. The number of anilines is 1. The molecule has 0 heterocycles. The fourth-order valence-electron chi connectivity index (χ4n) is 2.48. The zero-order chi connectivity index (χ0) is 18.4. The molecular weight excluding hydrogens is 336 g/mol. The number of carbonyl (C=O) groups excluding carboxylic acids is 1. The Kier molecular flexibility index (Phi) is 6.33. The fraction of sp³-hybridized carbons (Fsp3) is 0.316. The predicted octanol–water partition coefficient (Wildman–Crippen LogP) is 2.75. The second-order valence-corrected chi connectivity index (χ2v) is 8.18. The van der Waals surface area contributed by atoms with E-state index in [4.69, 9.17) is 0 Å². The van der Waals surface area contributed by atoms with Gasteiger partial charge >= 0.3 is 0 Å².